The first-order valence-electron chi connectivity index (χ1n) is 8.53. The van der Waals surface area contributed by atoms with Gasteiger partial charge in [0.25, 0.3) is 0 Å². The fraction of sp³-hybridized carbons (Fsp3) is 0.350. The number of para-hydroxylation sites is 1. The van der Waals surface area contributed by atoms with Gasteiger partial charge in [-0.05, 0) is 44.0 Å². The molecule has 1 fully saturated rings. The second kappa shape index (κ2) is 4.60. The Hall–Kier alpha value is -2.29. The first-order valence-corrected chi connectivity index (χ1v) is 8.53. The summed E-state index contributed by atoms with van der Waals surface area (Å²) in [5.74, 6) is 1.12. The van der Waals surface area contributed by atoms with Crippen LogP contribution in [0, 0.1) is 0 Å². The fourth-order valence-electron chi connectivity index (χ4n) is 4.81. The third-order valence-electron chi connectivity index (χ3n) is 5.63. The van der Waals surface area contributed by atoms with E-state index in [4.69, 9.17) is 4.42 Å². The number of furan rings is 1. The predicted octanol–water partition coefficient (Wildman–Crippen LogP) is 5.18. The van der Waals surface area contributed by atoms with Crippen molar-refractivity contribution in [2.75, 3.05) is 4.90 Å². The summed E-state index contributed by atoms with van der Waals surface area (Å²) < 4.78 is 6.26. The van der Waals surface area contributed by atoms with E-state index in [0.717, 1.165) is 16.9 Å². The summed E-state index contributed by atoms with van der Waals surface area (Å²) in [6, 6.07) is 15.0. The Bertz CT molecular complexity index is 862. The SMILES string of the molecule is CC1c2oc3cccnc3c2C2(CCCC2)N1c1ccccc1. The Labute approximate surface area is 135 Å². The van der Waals surface area contributed by atoms with Crippen molar-refractivity contribution in [1.29, 1.82) is 0 Å². The van der Waals surface area contributed by atoms with Crippen LogP contribution < -0.4 is 4.90 Å². The van der Waals surface area contributed by atoms with Crippen LogP contribution in [0.4, 0.5) is 5.69 Å². The molecule has 2 aromatic heterocycles. The van der Waals surface area contributed by atoms with Gasteiger partial charge in [-0.2, -0.15) is 0 Å². The largest absolute Gasteiger partial charge is 0.457 e. The summed E-state index contributed by atoms with van der Waals surface area (Å²) in [5.41, 5.74) is 4.69. The minimum absolute atomic E-state index is 0.0513. The predicted molar refractivity (Wildman–Crippen MR) is 91.5 cm³/mol. The molecule has 0 saturated heterocycles. The van der Waals surface area contributed by atoms with Gasteiger partial charge >= 0.3 is 0 Å². The van der Waals surface area contributed by atoms with Crippen molar-refractivity contribution >= 4 is 16.8 Å². The summed E-state index contributed by atoms with van der Waals surface area (Å²) in [4.78, 5) is 7.26. The van der Waals surface area contributed by atoms with Gasteiger partial charge in [-0.15, -0.1) is 0 Å². The summed E-state index contributed by atoms with van der Waals surface area (Å²) in [5, 5.41) is 0. The first kappa shape index (κ1) is 13.2. The molecular formula is C20H20N2O. The maximum Gasteiger partial charge on any atom is 0.153 e. The van der Waals surface area contributed by atoms with E-state index in [1.54, 1.807) is 0 Å². The van der Waals surface area contributed by atoms with E-state index in [1.807, 2.05) is 18.3 Å². The molecule has 1 aliphatic heterocycles. The molecule has 1 aliphatic carbocycles. The monoisotopic (exact) mass is 304 g/mol. The highest BCUT2D eigenvalue weighted by molar-refractivity contribution is 5.82. The second-order valence-electron chi connectivity index (χ2n) is 6.81. The van der Waals surface area contributed by atoms with E-state index in [-0.39, 0.29) is 11.6 Å². The molecule has 0 radical (unpaired) electrons. The van der Waals surface area contributed by atoms with Crippen molar-refractivity contribution in [2.45, 2.75) is 44.2 Å². The third kappa shape index (κ3) is 1.62. The van der Waals surface area contributed by atoms with Crippen molar-refractivity contribution in [3.63, 3.8) is 0 Å². The third-order valence-corrected chi connectivity index (χ3v) is 5.63. The number of rotatable bonds is 1. The van der Waals surface area contributed by atoms with Crippen LogP contribution in [0.3, 0.4) is 0 Å². The van der Waals surface area contributed by atoms with Gasteiger partial charge in [0.1, 0.15) is 11.3 Å². The molecule has 0 bridgehead atoms. The van der Waals surface area contributed by atoms with Crippen LogP contribution in [0.15, 0.2) is 53.1 Å². The van der Waals surface area contributed by atoms with Crippen LogP contribution >= 0.6 is 0 Å². The summed E-state index contributed by atoms with van der Waals surface area (Å²) in [6.07, 6.45) is 6.80. The zero-order valence-corrected chi connectivity index (χ0v) is 13.3. The van der Waals surface area contributed by atoms with Gasteiger partial charge in [0.15, 0.2) is 5.58 Å². The maximum atomic E-state index is 6.26. The highest BCUT2D eigenvalue weighted by Gasteiger charge is 2.53. The van der Waals surface area contributed by atoms with Gasteiger partial charge in [0.05, 0.1) is 11.6 Å². The first-order chi connectivity index (χ1) is 11.3. The highest BCUT2D eigenvalue weighted by Crippen LogP contribution is 2.58. The molecule has 5 rings (SSSR count). The number of aromatic nitrogens is 1. The molecule has 3 heterocycles. The van der Waals surface area contributed by atoms with E-state index in [1.165, 1.54) is 36.9 Å². The Morgan fingerprint density at radius 1 is 1.09 bits per heavy atom. The van der Waals surface area contributed by atoms with Gasteiger partial charge < -0.3 is 9.32 Å². The topological polar surface area (TPSA) is 29.3 Å². The van der Waals surface area contributed by atoms with Gasteiger partial charge in [-0.25, -0.2) is 0 Å². The molecule has 3 nitrogen and oxygen atoms in total. The molecule has 1 saturated carbocycles. The van der Waals surface area contributed by atoms with E-state index < -0.39 is 0 Å². The molecular weight excluding hydrogens is 284 g/mol. The number of nitrogens with zero attached hydrogens (tertiary/aromatic N) is 2. The lowest BCUT2D eigenvalue weighted by Crippen LogP contribution is -2.40. The fourth-order valence-corrected chi connectivity index (χ4v) is 4.81. The van der Waals surface area contributed by atoms with Gasteiger partial charge in [0, 0.05) is 17.4 Å². The zero-order valence-electron chi connectivity index (χ0n) is 13.3. The minimum Gasteiger partial charge on any atom is -0.457 e. The summed E-state index contributed by atoms with van der Waals surface area (Å²) >= 11 is 0. The van der Waals surface area contributed by atoms with Crippen LogP contribution in [-0.4, -0.2) is 4.98 Å². The second-order valence-corrected chi connectivity index (χ2v) is 6.81. The average Bonchev–Trinajstić information content (AvgIpc) is 3.25. The van der Waals surface area contributed by atoms with Crippen LogP contribution in [0.25, 0.3) is 11.1 Å². The number of pyridine rings is 1. The quantitative estimate of drug-likeness (QED) is 0.620. The van der Waals surface area contributed by atoms with Crippen molar-refractivity contribution in [1.82, 2.24) is 4.98 Å². The number of anilines is 1. The van der Waals surface area contributed by atoms with Gasteiger partial charge in [-0.3, -0.25) is 4.98 Å². The molecule has 3 heteroatoms. The standard InChI is InChI=1S/C20H20N2O/c1-14-19-17(18-16(23-19)10-7-13-21-18)20(11-5-6-12-20)22(14)15-8-3-2-4-9-15/h2-4,7-10,13-14H,5-6,11-12H2,1H3. The maximum absolute atomic E-state index is 6.26. The molecule has 1 aromatic carbocycles. The average molecular weight is 304 g/mol. The molecule has 0 amide bonds. The van der Waals surface area contributed by atoms with Crippen LogP contribution in [0.2, 0.25) is 0 Å². The number of benzene rings is 1. The van der Waals surface area contributed by atoms with Crippen LogP contribution in [-0.2, 0) is 5.54 Å². The van der Waals surface area contributed by atoms with Crippen LogP contribution in [0.5, 0.6) is 0 Å². The molecule has 2 aliphatic rings. The smallest absolute Gasteiger partial charge is 0.153 e. The van der Waals surface area contributed by atoms with Crippen molar-refractivity contribution in [2.24, 2.45) is 0 Å². The number of fused-ring (bicyclic) bond motifs is 4. The van der Waals surface area contributed by atoms with Crippen molar-refractivity contribution < 1.29 is 4.42 Å². The van der Waals surface area contributed by atoms with E-state index in [2.05, 4.69) is 47.1 Å². The van der Waals surface area contributed by atoms with Gasteiger partial charge in [-0.1, -0.05) is 31.0 Å². The lowest BCUT2D eigenvalue weighted by molar-refractivity contribution is 0.410. The molecule has 0 N–H and O–H groups in total. The number of hydrogen-bond donors (Lipinski definition) is 0. The number of hydrogen-bond acceptors (Lipinski definition) is 3. The van der Waals surface area contributed by atoms with E-state index in [9.17, 15) is 0 Å². The summed E-state index contributed by atoms with van der Waals surface area (Å²) in [7, 11) is 0. The summed E-state index contributed by atoms with van der Waals surface area (Å²) in [6.45, 7) is 2.27. The molecule has 1 spiro atoms. The minimum atomic E-state index is 0.0513. The zero-order chi connectivity index (χ0) is 15.4. The Morgan fingerprint density at radius 3 is 2.65 bits per heavy atom. The van der Waals surface area contributed by atoms with E-state index >= 15 is 0 Å². The van der Waals surface area contributed by atoms with Crippen molar-refractivity contribution in [3.8, 4) is 0 Å². The normalized spacial score (nSPS) is 22.1. The molecule has 3 aromatic rings. The Morgan fingerprint density at radius 2 is 1.87 bits per heavy atom. The van der Waals surface area contributed by atoms with E-state index in [0.29, 0.717) is 0 Å². The van der Waals surface area contributed by atoms with Crippen LogP contribution in [0.1, 0.15) is 50.0 Å². The molecule has 1 unspecified atom stereocenters. The lowest BCUT2D eigenvalue weighted by atomic mass is 9.89. The highest BCUT2D eigenvalue weighted by atomic mass is 16.3. The molecule has 1 atom stereocenters. The molecule has 23 heavy (non-hydrogen) atoms. The van der Waals surface area contributed by atoms with Crippen molar-refractivity contribution in [3.05, 3.63) is 60.0 Å². The lowest BCUT2D eigenvalue weighted by Gasteiger charge is -2.40. The Balaban J connectivity index is 1.79. The molecule has 116 valence electrons. The van der Waals surface area contributed by atoms with Gasteiger partial charge in [0.2, 0.25) is 0 Å². The Kier molecular flexibility index (Phi) is 2.64.